The molecule has 1 aromatic carbocycles. The first-order chi connectivity index (χ1) is 19.9. The average molecular weight is 571 g/mol. The lowest BCUT2D eigenvalue weighted by Gasteiger charge is -2.28. The Morgan fingerprint density at radius 2 is 1.85 bits per heavy atom. The summed E-state index contributed by atoms with van der Waals surface area (Å²) < 4.78 is 13.2. The van der Waals surface area contributed by atoms with Gasteiger partial charge in [0.25, 0.3) is 0 Å². The highest BCUT2D eigenvalue weighted by Gasteiger charge is 2.44. The van der Waals surface area contributed by atoms with Crippen LogP contribution >= 0.6 is 11.6 Å². The number of hydrogen-bond donors (Lipinski definition) is 0. The summed E-state index contributed by atoms with van der Waals surface area (Å²) in [7, 11) is 1.34. The first kappa shape index (κ1) is 27.2. The molecule has 9 nitrogen and oxygen atoms in total. The Morgan fingerprint density at radius 3 is 2.56 bits per heavy atom. The molecule has 4 aromatic rings. The lowest BCUT2D eigenvalue weighted by atomic mass is 9.85. The second kappa shape index (κ2) is 11.5. The van der Waals surface area contributed by atoms with E-state index in [1.54, 1.807) is 12.3 Å². The number of fused-ring (bicyclic) bond motifs is 1. The van der Waals surface area contributed by atoms with Gasteiger partial charge in [-0.15, -0.1) is 0 Å². The molecule has 0 spiro atoms. The number of imidazole rings is 1. The van der Waals surface area contributed by atoms with Crippen LogP contribution in [0.1, 0.15) is 66.2 Å². The summed E-state index contributed by atoms with van der Waals surface area (Å²) in [6, 6.07) is 15.5. The molecule has 41 heavy (non-hydrogen) atoms. The summed E-state index contributed by atoms with van der Waals surface area (Å²) in [5.41, 5.74) is 2.34. The fourth-order valence-electron chi connectivity index (χ4n) is 5.55. The van der Waals surface area contributed by atoms with E-state index in [1.165, 1.54) is 7.11 Å². The van der Waals surface area contributed by atoms with Crippen molar-refractivity contribution in [2.24, 2.45) is 11.3 Å². The summed E-state index contributed by atoms with van der Waals surface area (Å²) in [5, 5.41) is 10.5. The van der Waals surface area contributed by atoms with Gasteiger partial charge >= 0.3 is 5.97 Å². The Morgan fingerprint density at radius 1 is 1.07 bits per heavy atom. The van der Waals surface area contributed by atoms with E-state index in [2.05, 4.69) is 25.6 Å². The maximum atomic E-state index is 12.1. The molecule has 0 atom stereocenters. The largest absolute Gasteiger partial charge is 0.474 e. The predicted octanol–water partition coefficient (Wildman–Crippen LogP) is 5.74. The van der Waals surface area contributed by atoms with Crippen molar-refractivity contribution in [1.29, 1.82) is 5.26 Å². The number of halogens is 1. The molecule has 0 amide bonds. The van der Waals surface area contributed by atoms with Crippen LogP contribution < -0.4 is 4.74 Å². The van der Waals surface area contributed by atoms with Crippen LogP contribution in [-0.4, -0.2) is 43.7 Å². The summed E-state index contributed by atoms with van der Waals surface area (Å²) in [6.07, 6.45) is 8.84. The second-order valence-electron chi connectivity index (χ2n) is 11.1. The smallest absolute Gasteiger partial charge is 0.356 e. The van der Waals surface area contributed by atoms with Gasteiger partial charge < -0.3 is 14.0 Å². The number of esters is 1. The SMILES string of the molecule is COC(=O)c1ccc2nc(CC3CCC(Oc4ccnc(Cc5ccc(Cl)cc5)n4)CC3)n(CC3(C#N)CC3)c2n1. The summed E-state index contributed by atoms with van der Waals surface area (Å²) in [4.78, 5) is 30.6. The highest BCUT2D eigenvalue weighted by atomic mass is 35.5. The molecule has 6 rings (SSSR count). The molecule has 2 fully saturated rings. The van der Waals surface area contributed by atoms with E-state index in [9.17, 15) is 10.1 Å². The fraction of sp³-hybridized carbons (Fsp3) is 0.419. The number of ether oxygens (including phenoxy) is 2. The van der Waals surface area contributed by atoms with E-state index in [0.717, 1.165) is 61.9 Å². The normalized spacial score (nSPS) is 19.4. The van der Waals surface area contributed by atoms with Crippen molar-refractivity contribution in [3.8, 4) is 11.9 Å². The maximum Gasteiger partial charge on any atom is 0.356 e. The number of carbonyl (C=O) groups is 1. The number of methoxy groups -OCH3 is 1. The molecule has 10 heteroatoms. The van der Waals surface area contributed by atoms with Gasteiger partial charge in [0.15, 0.2) is 11.3 Å². The zero-order valence-electron chi connectivity index (χ0n) is 22.9. The maximum absolute atomic E-state index is 12.1. The number of rotatable bonds is 9. The average Bonchev–Trinajstić information content (AvgIpc) is 3.70. The number of hydrogen-bond acceptors (Lipinski definition) is 8. The molecule has 0 N–H and O–H groups in total. The van der Waals surface area contributed by atoms with Gasteiger partial charge in [0.05, 0.1) is 18.6 Å². The predicted molar refractivity (Wildman–Crippen MR) is 153 cm³/mol. The molecule has 2 aliphatic carbocycles. The topological polar surface area (TPSA) is 116 Å². The van der Waals surface area contributed by atoms with Crippen LogP contribution in [0.5, 0.6) is 5.88 Å². The summed E-state index contributed by atoms with van der Waals surface area (Å²) in [6.45, 7) is 0.539. The van der Waals surface area contributed by atoms with Crippen molar-refractivity contribution in [2.75, 3.05) is 7.11 Å². The van der Waals surface area contributed by atoms with Crippen molar-refractivity contribution in [3.63, 3.8) is 0 Å². The van der Waals surface area contributed by atoms with Crippen LogP contribution in [0, 0.1) is 22.7 Å². The van der Waals surface area contributed by atoms with Gasteiger partial charge in [-0.25, -0.2) is 19.7 Å². The van der Waals surface area contributed by atoms with Crippen molar-refractivity contribution in [2.45, 2.75) is 64.0 Å². The Hall–Kier alpha value is -4.03. The first-order valence-electron chi connectivity index (χ1n) is 14.0. The number of nitrogens with zero attached hydrogens (tertiary/aromatic N) is 6. The van der Waals surface area contributed by atoms with E-state index in [1.807, 2.05) is 36.4 Å². The van der Waals surface area contributed by atoms with Gasteiger partial charge in [-0.1, -0.05) is 23.7 Å². The van der Waals surface area contributed by atoms with Crippen LogP contribution in [0.15, 0.2) is 48.7 Å². The van der Waals surface area contributed by atoms with Crippen molar-refractivity contribution in [1.82, 2.24) is 24.5 Å². The number of pyridine rings is 1. The Bertz CT molecular complexity index is 1600. The third-order valence-corrected chi connectivity index (χ3v) is 8.38. The number of benzene rings is 1. The molecule has 3 aromatic heterocycles. The van der Waals surface area contributed by atoms with Crippen LogP contribution in [-0.2, 0) is 24.1 Å². The first-order valence-corrected chi connectivity index (χ1v) is 14.4. The zero-order valence-corrected chi connectivity index (χ0v) is 23.7. The molecule has 0 bridgehead atoms. The molecular formula is C31H31ClN6O3. The molecule has 0 unspecified atom stereocenters. The van der Waals surface area contributed by atoms with Gasteiger partial charge in [0, 0.05) is 36.7 Å². The fourth-order valence-corrected chi connectivity index (χ4v) is 5.67. The van der Waals surface area contributed by atoms with E-state index in [0.29, 0.717) is 41.3 Å². The molecule has 3 heterocycles. The van der Waals surface area contributed by atoms with Crippen LogP contribution in [0.3, 0.4) is 0 Å². The van der Waals surface area contributed by atoms with E-state index in [-0.39, 0.29) is 17.2 Å². The van der Waals surface area contributed by atoms with E-state index in [4.69, 9.17) is 26.1 Å². The van der Waals surface area contributed by atoms with E-state index >= 15 is 0 Å². The van der Waals surface area contributed by atoms with Crippen LogP contribution in [0.4, 0.5) is 0 Å². The summed E-state index contributed by atoms with van der Waals surface area (Å²) >= 11 is 6.00. The van der Waals surface area contributed by atoms with Crippen molar-refractivity contribution in [3.05, 3.63) is 76.6 Å². The molecule has 210 valence electrons. The highest BCUT2D eigenvalue weighted by Crippen LogP contribution is 2.47. The quantitative estimate of drug-likeness (QED) is 0.234. The lowest BCUT2D eigenvalue weighted by Crippen LogP contribution is -2.26. The van der Waals surface area contributed by atoms with Crippen LogP contribution in [0.25, 0.3) is 11.2 Å². The number of aromatic nitrogens is 5. The Kier molecular flexibility index (Phi) is 7.59. The van der Waals surface area contributed by atoms with Gasteiger partial charge in [-0.2, -0.15) is 10.2 Å². The van der Waals surface area contributed by atoms with Gasteiger partial charge in [-0.05, 0) is 74.3 Å². The van der Waals surface area contributed by atoms with Gasteiger partial charge in [0.1, 0.15) is 23.3 Å². The minimum Gasteiger partial charge on any atom is -0.474 e. The van der Waals surface area contributed by atoms with Gasteiger partial charge in [0.2, 0.25) is 5.88 Å². The lowest BCUT2D eigenvalue weighted by molar-refractivity contribution is 0.0594. The number of carbonyl (C=O) groups excluding carboxylic acids is 1. The number of nitriles is 1. The Labute approximate surface area is 243 Å². The van der Waals surface area contributed by atoms with Crippen LogP contribution in [0.2, 0.25) is 5.02 Å². The Balaban J connectivity index is 1.11. The minimum absolute atomic E-state index is 0.0981. The van der Waals surface area contributed by atoms with Crippen molar-refractivity contribution >= 4 is 28.7 Å². The molecule has 0 aliphatic heterocycles. The monoisotopic (exact) mass is 570 g/mol. The minimum atomic E-state index is -0.485. The van der Waals surface area contributed by atoms with E-state index < -0.39 is 5.97 Å². The van der Waals surface area contributed by atoms with Crippen molar-refractivity contribution < 1.29 is 14.3 Å². The molecule has 2 aliphatic rings. The highest BCUT2D eigenvalue weighted by molar-refractivity contribution is 6.30. The molecule has 0 radical (unpaired) electrons. The summed E-state index contributed by atoms with van der Waals surface area (Å²) in [5.74, 6) is 2.19. The third-order valence-electron chi connectivity index (χ3n) is 8.13. The third kappa shape index (κ3) is 6.18. The molecule has 0 saturated heterocycles. The molecular weight excluding hydrogens is 540 g/mol. The standard InChI is InChI=1S/C31H31ClN6O3/c1-40-30(39)25-11-10-24-29(36-25)38(19-31(18-33)13-14-31)27(35-24)17-21-4-8-23(9-5-21)41-28-12-15-34-26(37-28)16-20-2-6-22(32)7-3-20/h2-3,6-7,10-12,15,21,23H,4-5,8-9,13-14,16-17,19H2,1H3. The zero-order chi connectivity index (χ0) is 28.4. The van der Waals surface area contributed by atoms with Gasteiger partial charge in [-0.3, -0.25) is 0 Å². The molecule has 2 saturated carbocycles. The second-order valence-corrected chi connectivity index (χ2v) is 11.6.